The summed E-state index contributed by atoms with van der Waals surface area (Å²) < 4.78 is 0. The van der Waals surface area contributed by atoms with Crippen LogP contribution in [-0.2, 0) is 0 Å². The number of rotatable bonds is 8. The Morgan fingerprint density at radius 2 is 1.85 bits per heavy atom. The van der Waals surface area contributed by atoms with E-state index in [1.54, 1.807) is 0 Å². The Bertz CT molecular complexity index is 275. The first-order chi connectivity index (χ1) is 9.83. The fourth-order valence-corrected chi connectivity index (χ4v) is 4.48. The topological polar surface area (TPSA) is 15.3 Å². The highest BCUT2D eigenvalue weighted by Gasteiger charge is 2.45. The molecule has 0 aromatic heterocycles. The molecule has 2 fully saturated rings. The van der Waals surface area contributed by atoms with Gasteiger partial charge in [-0.2, -0.15) is 0 Å². The first-order valence-corrected chi connectivity index (χ1v) is 8.93. The van der Waals surface area contributed by atoms with Crippen molar-refractivity contribution < 1.29 is 0 Å². The number of nitrogens with zero attached hydrogens (tertiary/aromatic N) is 1. The molecule has 116 valence electrons. The third kappa shape index (κ3) is 3.65. The molecular formula is C18H34N2. The minimum absolute atomic E-state index is 0.470. The number of likely N-dealkylation sites (tertiary alicyclic amines) is 1. The molecule has 1 aliphatic carbocycles. The highest BCUT2D eigenvalue weighted by atomic mass is 15.2. The maximum Gasteiger partial charge on any atom is 0.0362 e. The number of piperidine rings is 1. The Morgan fingerprint density at radius 1 is 1.15 bits per heavy atom. The average Bonchev–Trinajstić information content (AvgIpc) is 2.98. The predicted octanol–water partition coefficient (Wildman–Crippen LogP) is 4.12. The first-order valence-electron chi connectivity index (χ1n) is 8.93. The molecular weight excluding hydrogens is 244 g/mol. The summed E-state index contributed by atoms with van der Waals surface area (Å²) >= 11 is 0. The summed E-state index contributed by atoms with van der Waals surface area (Å²) in [4.78, 5) is 2.87. The Morgan fingerprint density at radius 3 is 2.45 bits per heavy atom. The van der Waals surface area contributed by atoms with E-state index in [2.05, 4.69) is 29.8 Å². The van der Waals surface area contributed by atoms with E-state index in [1.807, 2.05) is 0 Å². The fraction of sp³-hybridized carbons (Fsp3) is 0.889. The molecule has 1 atom stereocenters. The van der Waals surface area contributed by atoms with Crippen molar-refractivity contribution in [3.05, 3.63) is 12.7 Å². The van der Waals surface area contributed by atoms with Crippen LogP contribution in [0.5, 0.6) is 0 Å². The molecule has 0 spiro atoms. The summed E-state index contributed by atoms with van der Waals surface area (Å²) in [5.74, 6) is 0. The van der Waals surface area contributed by atoms with Crippen LogP contribution in [0.4, 0.5) is 0 Å². The van der Waals surface area contributed by atoms with Gasteiger partial charge in [-0.3, -0.25) is 4.90 Å². The Labute approximate surface area is 126 Å². The summed E-state index contributed by atoms with van der Waals surface area (Å²) in [5, 5.41) is 3.85. The second-order valence-corrected chi connectivity index (χ2v) is 6.69. The van der Waals surface area contributed by atoms with E-state index < -0.39 is 0 Å². The molecule has 0 amide bonds. The van der Waals surface area contributed by atoms with Crippen LogP contribution in [0.1, 0.15) is 71.1 Å². The molecule has 2 heteroatoms. The zero-order valence-corrected chi connectivity index (χ0v) is 13.5. The van der Waals surface area contributed by atoms with Gasteiger partial charge >= 0.3 is 0 Å². The lowest BCUT2D eigenvalue weighted by Gasteiger charge is -2.49. The van der Waals surface area contributed by atoms with Crippen LogP contribution in [0.3, 0.4) is 0 Å². The van der Waals surface area contributed by atoms with Gasteiger partial charge in [-0.25, -0.2) is 0 Å². The third-order valence-electron chi connectivity index (χ3n) is 5.46. The van der Waals surface area contributed by atoms with Gasteiger partial charge in [-0.05, 0) is 64.6 Å². The predicted molar refractivity (Wildman–Crippen MR) is 88.1 cm³/mol. The maximum absolute atomic E-state index is 3.88. The zero-order valence-electron chi connectivity index (χ0n) is 13.5. The number of hydrogen-bond donors (Lipinski definition) is 1. The van der Waals surface area contributed by atoms with Crippen LogP contribution in [-0.4, -0.2) is 36.1 Å². The third-order valence-corrected chi connectivity index (χ3v) is 5.46. The summed E-state index contributed by atoms with van der Waals surface area (Å²) in [7, 11) is 0. The largest absolute Gasteiger partial charge is 0.312 e. The van der Waals surface area contributed by atoms with Crippen LogP contribution >= 0.6 is 0 Å². The van der Waals surface area contributed by atoms with Gasteiger partial charge in [0.05, 0.1) is 0 Å². The zero-order chi connectivity index (χ0) is 14.3. The van der Waals surface area contributed by atoms with E-state index in [9.17, 15) is 0 Å². The van der Waals surface area contributed by atoms with Crippen molar-refractivity contribution in [2.75, 3.05) is 19.6 Å². The van der Waals surface area contributed by atoms with Crippen LogP contribution in [0.25, 0.3) is 0 Å². The number of likely N-dealkylation sites (N-methyl/N-ethyl adjacent to an activating group) is 1. The number of unbranched alkanes of at least 4 members (excludes halogenated alkanes) is 1. The van der Waals surface area contributed by atoms with Crippen molar-refractivity contribution in [2.45, 2.75) is 82.7 Å². The van der Waals surface area contributed by atoms with Crippen LogP contribution in [0, 0.1) is 0 Å². The molecule has 20 heavy (non-hydrogen) atoms. The molecule has 1 unspecified atom stereocenters. The quantitative estimate of drug-likeness (QED) is 0.531. The Balaban J connectivity index is 2.07. The van der Waals surface area contributed by atoms with Gasteiger partial charge in [0.25, 0.3) is 0 Å². The standard InChI is InChI=1S/C18H34N2/c1-3-5-7-12-17(19-4-2)18(13-8-9-14-18)20-15-10-6-11-16-20/h3,17,19H,1,4-16H2,2H3. The molecule has 2 rings (SSSR count). The molecule has 0 radical (unpaired) electrons. The second-order valence-electron chi connectivity index (χ2n) is 6.69. The smallest absolute Gasteiger partial charge is 0.0362 e. The fourth-order valence-electron chi connectivity index (χ4n) is 4.48. The lowest BCUT2D eigenvalue weighted by atomic mass is 9.81. The van der Waals surface area contributed by atoms with Crippen molar-refractivity contribution in [3.63, 3.8) is 0 Å². The SMILES string of the molecule is C=CCCCC(NCC)C1(N2CCCCC2)CCCC1. The normalized spacial score (nSPS) is 24.6. The molecule has 2 nitrogen and oxygen atoms in total. The molecule has 0 aromatic rings. The number of allylic oxidation sites excluding steroid dienone is 1. The summed E-state index contributed by atoms with van der Waals surface area (Å²) in [6.45, 7) is 9.92. The van der Waals surface area contributed by atoms with Crippen LogP contribution in [0.2, 0.25) is 0 Å². The van der Waals surface area contributed by atoms with Crippen molar-refractivity contribution in [1.82, 2.24) is 10.2 Å². The van der Waals surface area contributed by atoms with Crippen molar-refractivity contribution in [3.8, 4) is 0 Å². The Hall–Kier alpha value is -0.340. The summed E-state index contributed by atoms with van der Waals surface area (Å²) in [5.41, 5.74) is 0.470. The molecule has 1 aliphatic heterocycles. The Kier molecular flexibility index (Phi) is 6.57. The molecule has 1 heterocycles. The van der Waals surface area contributed by atoms with Crippen LogP contribution < -0.4 is 5.32 Å². The highest BCUT2D eigenvalue weighted by Crippen LogP contribution is 2.41. The number of nitrogens with one attached hydrogen (secondary N) is 1. The molecule has 2 aliphatic rings. The van der Waals surface area contributed by atoms with Gasteiger partial charge in [0, 0.05) is 11.6 Å². The molecule has 1 saturated heterocycles. The molecule has 0 aromatic carbocycles. The average molecular weight is 278 g/mol. The van der Waals surface area contributed by atoms with Crippen molar-refractivity contribution in [1.29, 1.82) is 0 Å². The molecule has 1 N–H and O–H groups in total. The molecule has 1 saturated carbocycles. The minimum atomic E-state index is 0.470. The first kappa shape index (κ1) is 16.0. The van der Waals surface area contributed by atoms with Gasteiger partial charge in [-0.1, -0.05) is 32.3 Å². The van der Waals surface area contributed by atoms with E-state index >= 15 is 0 Å². The lowest BCUT2D eigenvalue weighted by molar-refractivity contribution is 0.0339. The maximum atomic E-state index is 3.88. The van der Waals surface area contributed by atoms with E-state index in [1.165, 1.54) is 70.9 Å². The summed E-state index contributed by atoms with van der Waals surface area (Å²) in [6, 6.07) is 0.688. The van der Waals surface area contributed by atoms with Crippen molar-refractivity contribution in [2.24, 2.45) is 0 Å². The van der Waals surface area contributed by atoms with E-state index in [4.69, 9.17) is 0 Å². The summed E-state index contributed by atoms with van der Waals surface area (Å²) in [6.07, 6.45) is 15.8. The van der Waals surface area contributed by atoms with Gasteiger partial charge in [0.15, 0.2) is 0 Å². The highest BCUT2D eigenvalue weighted by molar-refractivity contribution is 5.04. The van der Waals surface area contributed by atoms with Gasteiger partial charge in [-0.15, -0.1) is 6.58 Å². The van der Waals surface area contributed by atoms with E-state index in [0.717, 1.165) is 13.0 Å². The van der Waals surface area contributed by atoms with Crippen LogP contribution in [0.15, 0.2) is 12.7 Å². The van der Waals surface area contributed by atoms with Gasteiger partial charge in [0.2, 0.25) is 0 Å². The number of hydrogen-bond acceptors (Lipinski definition) is 2. The van der Waals surface area contributed by atoms with Gasteiger partial charge < -0.3 is 5.32 Å². The lowest BCUT2D eigenvalue weighted by Crippen LogP contribution is -2.61. The molecule has 0 bridgehead atoms. The van der Waals surface area contributed by atoms with Gasteiger partial charge in [0.1, 0.15) is 0 Å². The van der Waals surface area contributed by atoms with E-state index in [0.29, 0.717) is 11.6 Å². The van der Waals surface area contributed by atoms with E-state index in [-0.39, 0.29) is 0 Å². The second kappa shape index (κ2) is 8.19. The monoisotopic (exact) mass is 278 g/mol. The van der Waals surface area contributed by atoms with Crippen molar-refractivity contribution >= 4 is 0 Å². The minimum Gasteiger partial charge on any atom is -0.312 e.